The van der Waals surface area contributed by atoms with E-state index in [0.717, 1.165) is 24.3 Å². The number of halogens is 2. The number of hydrogen-bond donors (Lipinski definition) is 0. The largest absolute Gasteiger partial charge is 0.337 e. The van der Waals surface area contributed by atoms with Crippen molar-refractivity contribution >= 4 is 36.3 Å². The number of nitro benzene ring substituents is 2. The summed E-state index contributed by atoms with van der Waals surface area (Å²) in [5.74, 6) is -1.77. The lowest BCUT2D eigenvalue weighted by molar-refractivity contribution is -0.385. The van der Waals surface area contributed by atoms with E-state index in [9.17, 15) is 33.8 Å². The van der Waals surface area contributed by atoms with E-state index in [1.165, 1.54) is 29.6 Å². The Kier molecular flexibility index (Phi) is 6.21. The minimum Gasteiger partial charge on any atom is -0.337 e. The van der Waals surface area contributed by atoms with E-state index >= 15 is 0 Å². The molecule has 10 nitrogen and oxygen atoms in total. The van der Waals surface area contributed by atoms with Crippen molar-refractivity contribution in [1.29, 1.82) is 0 Å². The molecule has 0 bridgehead atoms. The van der Waals surface area contributed by atoms with Crippen molar-refractivity contribution in [3.05, 3.63) is 68.3 Å². The fourth-order valence-electron chi connectivity index (χ4n) is 3.17. The lowest BCUT2D eigenvalue weighted by Crippen LogP contribution is -2.45. The Balaban J connectivity index is 2.04. The summed E-state index contributed by atoms with van der Waals surface area (Å²) in [7, 11) is 1.31. The minimum atomic E-state index is -0.885. The van der Waals surface area contributed by atoms with Gasteiger partial charge in [0.1, 0.15) is 0 Å². The van der Waals surface area contributed by atoms with Crippen LogP contribution in [0.1, 0.15) is 0 Å². The molecule has 0 spiro atoms. The first kappa shape index (κ1) is 21.1. The van der Waals surface area contributed by atoms with Crippen LogP contribution in [0.25, 0.3) is 0 Å². The number of rotatable bonds is 6. The van der Waals surface area contributed by atoms with Crippen LogP contribution in [-0.4, -0.2) is 54.4 Å². The summed E-state index contributed by atoms with van der Waals surface area (Å²) in [4.78, 5) is 32.8. The zero-order valence-electron chi connectivity index (χ0n) is 15.5. The van der Waals surface area contributed by atoms with Crippen LogP contribution < -0.4 is 10.0 Å². The lowest BCUT2D eigenvalue weighted by Gasteiger charge is -2.36. The normalized spacial score (nSPS) is 14.9. The van der Waals surface area contributed by atoms with Gasteiger partial charge in [-0.1, -0.05) is 0 Å². The Morgan fingerprint density at radius 2 is 1.27 bits per heavy atom. The van der Waals surface area contributed by atoms with Crippen LogP contribution in [0.15, 0.2) is 36.4 Å². The van der Waals surface area contributed by atoms with Gasteiger partial charge in [0.2, 0.25) is 0 Å². The summed E-state index contributed by atoms with van der Waals surface area (Å²) < 4.78 is 29.4. The fourth-order valence-corrected chi connectivity index (χ4v) is 3.17. The summed E-state index contributed by atoms with van der Waals surface area (Å²) in [6.07, 6.45) is 0.596. The SMILES string of the molecule is O=C[B]N1CCN(c2ccc([N+](=O)[O-])cc2F)N(c2ccc([N+](=O)[O-])cc2F)CC1. The molecule has 0 aliphatic carbocycles. The number of nitro groups is 2. The molecule has 2 aromatic carbocycles. The first-order chi connectivity index (χ1) is 14.3. The predicted molar refractivity (Wildman–Crippen MR) is 105 cm³/mol. The van der Waals surface area contributed by atoms with E-state index in [2.05, 4.69) is 0 Å². The van der Waals surface area contributed by atoms with Crippen LogP contribution in [0.2, 0.25) is 0 Å². The van der Waals surface area contributed by atoms with Crippen molar-refractivity contribution in [3.8, 4) is 0 Å². The van der Waals surface area contributed by atoms with Gasteiger partial charge < -0.3 is 9.61 Å². The molecule has 0 aromatic heterocycles. The number of carbonyl (C=O) groups is 1. The zero-order valence-corrected chi connectivity index (χ0v) is 15.5. The summed E-state index contributed by atoms with van der Waals surface area (Å²) in [5.41, 5.74) is -0.942. The van der Waals surface area contributed by atoms with Crippen molar-refractivity contribution in [2.75, 3.05) is 36.2 Å². The van der Waals surface area contributed by atoms with Gasteiger partial charge in [-0.15, -0.1) is 0 Å². The molecular weight excluding hydrogens is 403 g/mol. The van der Waals surface area contributed by atoms with Gasteiger partial charge in [0.05, 0.1) is 52.6 Å². The van der Waals surface area contributed by atoms with Crippen LogP contribution in [-0.2, 0) is 4.79 Å². The van der Waals surface area contributed by atoms with E-state index in [1.807, 2.05) is 0 Å². The fraction of sp³-hybridized carbons (Fsp3) is 0.235. The molecular formula is C17H15BF2N5O5. The molecule has 30 heavy (non-hydrogen) atoms. The van der Waals surface area contributed by atoms with Gasteiger partial charge in [-0.3, -0.25) is 30.2 Å². The van der Waals surface area contributed by atoms with E-state index in [1.54, 1.807) is 4.81 Å². The molecule has 0 N–H and O–H groups in total. The van der Waals surface area contributed by atoms with E-state index in [4.69, 9.17) is 0 Å². The monoisotopic (exact) mass is 418 g/mol. The molecule has 1 aliphatic heterocycles. The smallest absolute Gasteiger partial charge is 0.293 e. The number of hydrogen-bond acceptors (Lipinski definition) is 8. The quantitative estimate of drug-likeness (QED) is 0.304. The topological polar surface area (TPSA) is 113 Å². The van der Waals surface area contributed by atoms with Crippen LogP contribution in [0.5, 0.6) is 0 Å². The molecule has 2 aromatic rings. The molecule has 1 heterocycles. The average Bonchev–Trinajstić information content (AvgIpc) is 2.90. The highest BCUT2D eigenvalue weighted by Crippen LogP contribution is 2.31. The van der Waals surface area contributed by atoms with Crippen molar-refractivity contribution in [3.63, 3.8) is 0 Å². The Labute approximate surface area is 169 Å². The van der Waals surface area contributed by atoms with Crippen molar-refractivity contribution in [1.82, 2.24) is 4.81 Å². The standard InChI is InChI=1S/C17H15BF2N5O5/c19-14-9-12(24(27)28)1-3-16(14)22-7-5-21(18-11-26)6-8-23(22)17-4-2-13(25(29)30)10-15(17)20/h1-4,9-11H,5-8H2. The molecule has 155 valence electrons. The predicted octanol–water partition coefficient (Wildman–Crippen LogP) is 2.13. The minimum absolute atomic E-state index is 0.0358. The highest BCUT2D eigenvalue weighted by Gasteiger charge is 2.28. The number of carbonyl (C=O) groups excluding carboxylic acids is 1. The zero-order chi connectivity index (χ0) is 21.8. The van der Waals surface area contributed by atoms with E-state index in [0.29, 0.717) is 19.3 Å². The van der Waals surface area contributed by atoms with Gasteiger partial charge in [-0.05, 0) is 12.1 Å². The van der Waals surface area contributed by atoms with Crippen LogP contribution in [0, 0.1) is 31.9 Å². The van der Waals surface area contributed by atoms with E-state index in [-0.39, 0.29) is 24.5 Å². The second-order valence-corrected chi connectivity index (χ2v) is 6.35. The molecule has 0 saturated carbocycles. The Hall–Kier alpha value is -3.61. The molecule has 0 atom stereocenters. The first-order valence-electron chi connectivity index (χ1n) is 8.77. The highest BCUT2D eigenvalue weighted by molar-refractivity contribution is 6.64. The summed E-state index contributed by atoms with van der Waals surface area (Å²) >= 11 is 0. The third-order valence-corrected chi connectivity index (χ3v) is 4.60. The van der Waals surface area contributed by atoms with Crippen LogP contribution in [0.3, 0.4) is 0 Å². The molecule has 0 unspecified atom stereocenters. The molecule has 13 heteroatoms. The molecule has 1 radical (unpaired) electrons. The van der Waals surface area contributed by atoms with Gasteiger partial charge in [0.25, 0.3) is 18.8 Å². The summed E-state index contributed by atoms with van der Waals surface area (Å²) in [6.45, 7) is 0.825. The number of benzene rings is 2. The molecule has 1 fully saturated rings. The van der Waals surface area contributed by atoms with Gasteiger partial charge in [-0.25, -0.2) is 8.78 Å². The summed E-state index contributed by atoms with van der Waals surface area (Å²) in [6, 6.07) is 6.21. The Bertz CT molecular complexity index is 922. The average molecular weight is 418 g/mol. The second kappa shape index (κ2) is 8.82. The molecule has 1 aliphatic rings. The number of non-ortho nitro benzene ring substituents is 2. The summed E-state index contributed by atoms with van der Waals surface area (Å²) in [5, 5.41) is 24.6. The highest BCUT2D eigenvalue weighted by atomic mass is 19.1. The van der Waals surface area contributed by atoms with Crippen LogP contribution >= 0.6 is 0 Å². The maximum Gasteiger partial charge on any atom is 0.293 e. The Morgan fingerprint density at radius 3 is 1.60 bits per heavy atom. The number of hydrazine groups is 1. The third kappa shape index (κ3) is 4.35. The molecule has 1 saturated heterocycles. The number of nitrogens with zero attached hydrogens (tertiary/aromatic N) is 5. The third-order valence-electron chi connectivity index (χ3n) is 4.60. The molecule has 0 amide bonds. The van der Waals surface area contributed by atoms with Gasteiger partial charge in [0.15, 0.2) is 11.6 Å². The van der Waals surface area contributed by atoms with Crippen molar-refractivity contribution in [2.45, 2.75) is 0 Å². The van der Waals surface area contributed by atoms with Gasteiger partial charge in [0, 0.05) is 25.2 Å². The maximum atomic E-state index is 14.7. The molecule has 3 rings (SSSR count). The van der Waals surface area contributed by atoms with E-state index < -0.39 is 32.9 Å². The number of anilines is 2. The maximum absolute atomic E-state index is 14.7. The van der Waals surface area contributed by atoms with Gasteiger partial charge >= 0.3 is 0 Å². The van der Waals surface area contributed by atoms with Crippen molar-refractivity contribution < 1.29 is 23.4 Å². The van der Waals surface area contributed by atoms with Crippen molar-refractivity contribution in [2.24, 2.45) is 0 Å². The van der Waals surface area contributed by atoms with Crippen LogP contribution in [0.4, 0.5) is 31.5 Å². The lowest BCUT2D eigenvalue weighted by atomic mass is 9.94. The first-order valence-corrected chi connectivity index (χ1v) is 8.77. The van der Waals surface area contributed by atoms with Gasteiger partial charge in [-0.2, -0.15) is 0 Å². The second-order valence-electron chi connectivity index (χ2n) is 6.35. The Morgan fingerprint density at radius 1 is 0.833 bits per heavy atom.